The molecule has 2 aromatic rings. The minimum atomic E-state index is -0.663. The van der Waals surface area contributed by atoms with Crippen LogP contribution in [0.15, 0.2) is 36.4 Å². The molecule has 1 aromatic heterocycles. The van der Waals surface area contributed by atoms with Crippen molar-refractivity contribution in [3.8, 4) is 0 Å². The van der Waals surface area contributed by atoms with Crippen LogP contribution in [0.1, 0.15) is 41.4 Å². The quantitative estimate of drug-likeness (QED) is 0.868. The first kappa shape index (κ1) is 17.3. The topological polar surface area (TPSA) is 78.4 Å². The number of nitrogens with one attached hydrogen (secondary N) is 1. The number of amides is 1. The van der Waals surface area contributed by atoms with Gasteiger partial charge in [-0.25, -0.2) is 4.39 Å². The Labute approximate surface area is 145 Å². The van der Waals surface area contributed by atoms with Gasteiger partial charge in [-0.3, -0.25) is 4.79 Å². The van der Waals surface area contributed by atoms with E-state index in [-0.39, 0.29) is 23.5 Å². The Hall–Kier alpha value is -2.54. The average Bonchev–Trinajstić information content (AvgIpc) is 3.09. The van der Waals surface area contributed by atoms with E-state index in [0.29, 0.717) is 17.8 Å². The van der Waals surface area contributed by atoms with E-state index in [4.69, 9.17) is 0 Å². The second-order valence-electron chi connectivity index (χ2n) is 6.15. The lowest BCUT2D eigenvalue weighted by atomic mass is 10.0. The summed E-state index contributed by atoms with van der Waals surface area (Å²) in [4.78, 5) is 13.7. The van der Waals surface area contributed by atoms with Crippen molar-refractivity contribution in [3.05, 3.63) is 53.5 Å². The first-order valence-electron chi connectivity index (χ1n) is 8.34. The molecule has 1 saturated heterocycles. The van der Waals surface area contributed by atoms with Crippen molar-refractivity contribution in [2.75, 3.05) is 18.5 Å². The molecule has 2 atom stereocenters. The zero-order valence-corrected chi connectivity index (χ0v) is 14.0. The minimum Gasteiger partial charge on any atom is -0.388 e. The second kappa shape index (κ2) is 7.57. The van der Waals surface area contributed by atoms with Crippen molar-refractivity contribution in [3.63, 3.8) is 0 Å². The fourth-order valence-corrected chi connectivity index (χ4v) is 3.19. The number of carbonyl (C=O) groups excluding carboxylic acids is 1. The highest BCUT2D eigenvalue weighted by atomic mass is 19.1. The van der Waals surface area contributed by atoms with Crippen LogP contribution in [0.3, 0.4) is 0 Å². The fourth-order valence-electron chi connectivity index (χ4n) is 3.19. The highest BCUT2D eigenvalue weighted by Gasteiger charge is 2.28. The molecule has 0 bridgehead atoms. The van der Waals surface area contributed by atoms with Crippen LogP contribution in [0.25, 0.3) is 0 Å². The van der Waals surface area contributed by atoms with Crippen molar-refractivity contribution < 1.29 is 14.3 Å². The maximum Gasteiger partial charge on any atom is 0.271 e. The number of rotatable bonds is 5. The summed E-state index contributed by atoms with van der Waals surface area (Å²) in [6, 6.07) is 9.48. The summed E-state index contributed by atoms with van der Waals surface area (Å²) in [6.07, 6.45) is 1.81. The Kier molecular flexibility index (Phi) is 5.23. The number of anilines is 1. The van der Waals surface area contributed by atoms with Crippen molar-refractivity contribution >= 4 is 11.7 Å². The maximum atomic E-state index is 13.0. The molecule has 7 heteroatoms. The second-order valence-corrected chi connectivity index (χ2v) is 6.15. The maximum absolute atomic E-state index is 13.0. The van der Waals surface area contributed by atoms with Crippen LogP contribution in [0.2, 0.25) is 0 Å². The first-order valence-corrected chi connectivity index (χ1v) is 8.34. The number of aliphatic hydroxyl groups excluding tert-OH is 1. The van der Waals surface area contributed by atoms with E-state index in [2.05, 4.69) is 20.4 Å². The third kappa shape index (κ3) is 3.93. The highest BCUT2D eigenvalue weighted by molar-refractivity contribution is 5.91. The third-order valence-corrected chi connectivity index (χ3v) is 4.53. The van der Waals surface area contributed by atoms with E-state index in [1.807, 2.05) is 0 Å². The van der Waals surface area contributed by atoms with Gasteiger partial charge in [-0.1, -0.05) is 12.1 Å². The molecular formula is C18H21FN4O2. The molecule has 0 saturated carbocycles. The normalized spacial score (nSPS) is 18.2. The fraction of sp³-hybridized carbons (Fsp3) is 0.389. The molecule has 2 N–H and O–H groups in total. The van der Waals surface area contributed by atoms with Crippen LogP contribution < -0.4 is 10.2 Å². The van der Waals surface area contributed by atoms with Gasteiger partial charge in [0.2, 0.25) is 0 Å². The van der Waals surface area contributed by atoms with Crippen LogP contribution in [-0.2, 0) is 0 Å². The van der Waals surface area contributed by atoms with Gasteiger partial charge in [0, 0.05) is 19.6 Å². The average molecular weight is 344 g/mol. The number of halogens is 1. The van der Waals surface area contributed by atoms with E-state index in [1.54, 1.807) is 31.3 Å². The minimum absolute atomic E-state index is 0.125. The Balaban J connectivity index is 1.69. The lowest BCUT2D eigenvalue weighted by molar-refractivity contribution is 0.0957. The van der Waals surface area contributed by atoms with E-state index in [9.17, 15) is 14.3 Å². The van der Waals surface area contributed by atoms with Gasteiger partial charge in [-0.05, 0) is 49.1 Å². The van der Waals surface area contributed by atoms with Gasteiger partial charge < -0.3 is 15.3 Å². The Morgan fingerprint density at radius 2 is 2.08 bits per heavy atom. The van der Waals surface area contributed by atoms with Gasteiger partial charge in [0.1, 0.15) is 5.82 Å². The summed E-state index contributed by atoms with van der Waals surface area (Å²) in [5.74, 6) is 0.107. The lowest BCUT2D eigenvalue weighted by Crippen LogP contribution is -2.32. The molecule has 1 aliphatic rings. The highest BCUT2D eigenvalue weighted by Crippen LogP contribution is 2.30. The molecule has 3 rings (SSSR count). The van der Waals surface area contributed by atoms with E-state index in [1.165, 1.54) is 12.1 Å². The molecule has 1 fully saturated rings. The number of carbonyl (C=O) groups is 1. The van der Waals surface area contributed by atoms with Crippen LogP contribution >= 0.6 is 0 Å². The molecule has 25 heavy (non-hydrogen) atoms. The molecule has 2 heterocycles. The molecule has 6 nitrogen and oxygen atoms in total. The molecular weight excluding hydrogens is 323 g/mol. The summed E-state index contributed by atoms with van der Waals surface area (Å²) in [6.45, 7) is 0.828. The third-order valence-electron chi connectivity index (χ3n) is 4.53. The van der Waals surface area contributed by atoms with Gasteiger partial charge in [-0.15, -0.1) is 10.2 Å². The largest absolute Gasteiger partial charge is 0.388 e. The Morgan fingerprint density at radius 3 is 2.72 bits per heavy atom. The number of hydrogen-bond acceptors (Lipinski definition) is 5. The van der Waals surface area contributed by atoms with Crippen molar-refractivity contribution in [1.29, 1.82) is 0 Å². The van der Waals surface area contributed by atoms with Crippen molar-refractivity contribution in [2.24, 2.45) is 0 Å². The van der Waals surface area contributed by atoms with Gasteiger partial charge in [0.05, 0.1) is 6.10 Å². The van der Waals surface area contributed by atoms with Crippen LogP contribution in [0, 0.1) is 5.82 Å². The molecule has 0 unspecified atom stereocenters. The van der Waals surface area contributed by atoms with Crippen LogP contribution in [0.5, 0.6) is 0 Å². The predicted octanol–water partition coefficient (Wildman–Crippen LogP) is 2.07. The summed E-state index contributed by atoms with van der Waals surface area (Å²) >= 11 is 0. The van der Waals surface area contributed by atoms with Gasteiger partial charge in [-0.2, -0.15) is 0 Å². The van der Waals surface area contributed by atoms with Gasteiger partial charge >= 0.3 is 0 Å². The number of nitrogens with zero attached hydrogens (tertiary/aromatic N) is 3. The van der Waals surface area contributed by atoms with Gasteiger partial charge in [0.15, 0.2) is 11.5 Å². The molecule has 1 aromatic carbocycles. The van der Waals surface area contributed by atoms with Crippen LogP contribution in [-0.4, -0.2) is 40.8 Å². The molecule has 1 aliphatic heterocycles. The summed E-state index contributed by atoms with van der Waals surface area (Å²) in [5.41, 5.74) is 0.975. The predicted molar refractivity (Wildman–Crippen MR) is 91.8 cm³/mol. The van der Waals surface area contributed by atoms with Crippen LogP contribution in [0.4, 0.5) is 10.2 Å². The number of aliphatic hydroxyl groups is 1. The summed E-state index contributed by atoms with van der Waals surface area (Å²) in [7, 11) is 1.55. The standard InChI is InChI=1S/C18H21FN4O2/c1-20-18(25)15-8-9-17(22-21-15)23-10-2-3-14(23)11-16(24)12-4-6-13(19)7-5-12/h4-9,14,16,24H,2-3,10-11H2,1H3,(H,20,25)/t14-,16+/m1/s1. The zero-order valence-electron chi connectivity index (χ0n) is 14.0. The first-order chi connectivity index (χ1) is 12.1. The SMILES string of the molecule is CNC(=O)c1ccc(N2CCC[C@@H]2C[C@H](O)c2ccc(F)cc2)nn1. The Morgan fingerprint density at radius 1 is 1.32 bits per heavy atom. The Bertz CT molecular complexity index is 721. The lowest BCUT2D eigenvalue weighted by Gasteiger charge is -2.27. The number of hydrogen-bond donors (Lipinski definition) is 2. The van der Waals surface area contributed by atoms with E-state index >= 15 is 0 Å². The smallest absolute Gasteiger partial charge is 0.271 e. The van der Waals surface area contributed by atoms with E-state index < -0.39 is 6.10 Å². The molecule has 132 valence electrons. The summed E-state index contributed by atoms with van der Waals surface area (Å²) in [5, 5.41) is 21.1. The number of aromatic nitrogens is 2. The molecule has 1 amide bonds. The van der Waals surface area contributed by atoms with Gasteiger partial charge in [0.25, 0.3) is 5.91 Å². The molecule has 0 aliphatic carbocycles. The molecule has 0 radical (unpaired) electrons. The monoisotopic (exact) mass is 344 g/mol. The summed E-state index contributed by atoms with van der Waals surface area (Å²) < 4.78 is 13.0. The van der Waals surface area contributed by atoms with Crippen molar-refractivity contribution in [1.82, 2.24) is 15.5 Å². The van der Waals surface area contributed by atoms with Crippen molar-refractivity contribution in [2.45, 2.75) is 31.4 Å². The number of benzene rings is 1. The molecule has 0 spiro atoms. The van der Waals surface area contributed by atoms with E-state index in [0.717, 1.165) is 19.4 Å². The zero-order chi connectivity index (χ0) is 17.8.